The molecular formula is C20H29N5OS. The average Bonchev–Trinajstić information content (AvgIpc) is 3.07. The molecule has 3 rings (SSSR count). The third-order valence-corrected chi connectivity index (χ3v) is 5.40. The summed E-state index contributed by atoms with van der Waals surface area (Å²) in [5.74, 6) is 0.787. The highest BCUT2D eigenvalue weighted by Gasteiger charge is 2.16. The molecule has 1 aromatic carbocycles. The van der Waals surface area contributed by atoms with Gasteiger partial charge in [-0.2, -0.15) is 0 Å². The van der Waals surface area contributed by atoms with Crippen molar-refractivity contribution in [2.45, 2.75) is 39.6 Å². The molecule has 7 heteroatoms. The Labute approximate surface area is 165 Å². The van der Waals surface area contributed by atoms with Crippen LogP contribution in [0.5, 0.6) is 0 Å². The summed E-state index contributed by atoms with van der Waals surface area (Å²) in [6, 6.07) is 8.74. The van der Waals surface area contributed by atoms with Gasteiger partial charge in [-0.25, -0.2) is 4.98 Å². The molecular weight excluding hydrogens is 358 g/mol. The predicted octanol–water partition coefficient (Wildman–Crippen LogP) is 2.54. The Morgan fingerprint density at radius 2 is 2.15 bits per heavy atom. The summed E-state index contributed by atoms with van der Waals surface area (Å²) in [7, 11) is 1.79. The molecule has 0 radical (unpaired) electrons. The van der Waals surface area contributed by atoms with Gasteiger partial charge in [-0.3, -0.25) is 9.89 Å². The van der Waals surface area contributed by atoms with Crippen LogP contribution in [0.4, 0.5) is 0 Å². The first-order valence-electron chi connectivity index (χ1n) is 9.40. The number of hydrogen-bond donors (Lipinski definition) is 2. The van der Waals surface area contributed by atoms with Gasteiger partial charge in [-0.15, -0.1) is 11.3 Å². The first-order chi connectivity index (χ1) is 13.1. The zero-order chi connectivity index (χ0) is 19.1. The topological polar surface area (TPSA) is 61.8 Å². The number of ether oxygens (including phenoxy) is 1. The summed E-state index contributed by atoms with van der Waals surface area (Å²) in [4.78, 5) is 12.3. The summed E-state index contributed by atoms with van der Waals surface area (Å²) in [5, 5.41) is 7.77. The molecule has 0 bridgehead atoms. The second kappa shape index (κ2) is 9.82. The maximum atomic E-state index is 5.63. The molecule has 0 saturated carbocycles. The summed E-state index contributed by atoms with van der Waals surface area (Å²) in [5.41, 5.74) is 2.59. The molecule has 0 spiro atoms. The number of rotatable bonds is 6. The molecule has 1 aromatic heterocycles. The molecule has 1 unspecified atom stereocenters. The molecule has 6 nitrogen and oxygen atoms in total. The number of morpholine rings is 1. The highest BCUT2D eigenvalue weighted by atomic mass is 32.1. The molecule has 1 fully saturated rings. The number of thiazole rings is 1. The van der Waals surface area contributed by atoms with Gasteiger partial charge in [0.1, 0.15) is 5.01 Å². The number of aromatic nitrogens is 1. The highest BCUT2D eigenvalue weighted by molar-refractivity contribution is 7.11. The fourth-order valence-electron chi connectivity index (χ4n) is 3.18. The van der Waals surface area contributed by atoms with Crippen LogP contribution in [0.3, 0.4) is 0 Å². The normalized spacial score (nSPS) is 18.5. The zero-order valence-corrected chi connectivity index (χ0v) is 17.2. The Bertz CT molecular complexity index is 760. The number of nitrogens with one attached hydrogen (secondary N) is 2. The van der Waals surface area contributed by atoms with Crippen molar-refractivity contribution in [3.8, 4) is 0 Å². The van der Waals surface area contributed by atoms with E-state index in [1.54, 1.807) is 18.4 Å². The Kier molecular flexibility index (Phi) is 7.20. The number of guanidine groups is 1. The fourth-order valence-corrected chi connectivity index (χ4v) is 3.91. The van der Waals surface area contributed by atoms with E-state index in [1.165, 1.54) is 16.0 Å². The van der Waals surface area contributed by atoms with E-state index >= 15 is 0 Å². The van der Waals surface area contributed by atoms with Crippen molar-refractivity contribution >= 4 is 17.3 Å². The van der Waals surface area contributed by atoms with Gasteiger partial charge in [-0.1, -0.05) is 24.3 Å². The number of nitrogens with zero attached hydrogens (tertiary/aromatic N) is 3. The third kappa shape index (κ3) is 6.30. The Morgan fingerprint density at radius 3 is 2.89 bits per heavy atom. The summed E-state index contributed by atoms with van der Waals surface area (Å²) >= 11 is 1.70. The molecule has 1 aliphatic rings. The van der Waals surface area contributed by atoms with Gasteiger partial charge in [0.25, 0.3) is 0 Å². The molecule has 2 heterocycles. The van der Waals surface area contributed by atoms with Crippen molar-refractivity contribution in [1.82, 2.24) is 20.5 Å². The van der Waals surface area contributed by atoms with Gasteiger partial charge in [0.2, 0.25) is 0 Å². The quantitative estimate of drug-likeness (QED) is 0.589. The van der Waals surface area contributed by atoms with Crippen LogP contribution in [-0.2, 0) is 24.4 Å². The Balaban J connectivity index is 1.49. The minimum absolute atomic E-state index is 0.319. The smallest absolute Gasteiger partial charge is 0.191 e. The number of benzene rings is 1. The summed E-state index contributed by atoms with van der Waals surface area (Å²) < 4.78 is 5.63. The second-order valence-electron chi connectivity index (χ2n) is 6.88. The lowest BCUT2D eigenvalue weighted by Crippen LogP contribution is -2.40. The van der Waals surface area contributed by atoms with Crippen LogP contribution in [-0.4, -0.2) is 48.7 Å². The van der Waals surface area contributed by atoms with Crippen LogP contribution in [0.15, 0.2) is 35.5 Å². The molecule has 27 heavy (non-hydrogen) atoms. The fraction of sp³-hybridized carbons (Fsp3) is 0.500. The Morgan fingerprint density at radius 1 is 1.33 bits per heavy atom. The van der Waals surface area contributed by atoms with Crippen LogP contribution < -0.4 is 10.6 Å². The van der Waals surface area contributed by atoms with E-state index in [0.29, 0.717) is 12.6 Å². The minimum atomic E-state index is 0.319. The summed E-state index contributed by atoms with van der Waals surface area (Å²) in [6.07, 6.45) is 2.22. The molecule has 146 valence electrons. The van der Waals surface area contributed by atoms with E-state index in [9.17, 15) is 0 Å². The van der Waals surface area contributed by atoms with Gasteiger partial charge in [0.15, 0.2) is 5.96 Å². The lowest BCUT2D eigenvalue weighted by Gasteiger charge is -2.31. The van der Waals surface area contributed by atoms with Crippen LogP contribution in [0.25, 0.3) is 0 Å². The standard InChI is InChI=1S/C20H29N5OS/c1-15-13-25(7-8-26-15)14-18-6-4-5-17(9-18)11-23-20(21-3)24-12-19-22-10-16(2)27-19/h4-6,9-10,15H,7-8,11-14H2,1-3H3,(H2,21,23,24). The van der Waals surface area contributed by atoms with E-state index in [0.717, 1.165) is 43.8 Å². The molecule has 1 aliphatic heterocycles. The van der Waals surface area contributed by atoms with Gasteiger partial charge in [0.05, 0.1) is 19.3 Å². The van der Waals surface area contributed by atoms with Crippen molar-refractivity contribution in [1.29, 1.82) is 0 Å². The van der Waals surface area contributed by atoms with Crippen molar-refractivity contribution in [3.05, 3.63) is 51.5 Å². The van der Waals surface area contributed by atoms with E-state index in [2.05, 4.69) is 63.6 Å². The second-order valence-corrected chi connectivity index (χ2v) is 8.20. The third-order valence-electron chi connectivity index (χ3n) is 4.48. The Hall–Kier alpha value is -1.96. The van der Waals surface area contributed by atoms with Crippen molar-refractivity contribution in [3.63, 3.8) is 0 Å². The largest absolute Gasteiger partial charge is 0.376 e. The lowest BCUT2D eigenvalue weighted by molar-refractivity contribution is -0.0212. The van der Waals surface area contributed by atoms with Gasteiger partial charge in [-0.05, 0) is 25.0 Å². The first kappa shape index (κ1) is 19.8. The van der Waals surface area contributed by atoms with E-state index in [1.807, 2.05) is 6.20 Å². The molecule has 0 aliphatic carbocycles. The zero-order valence-electron chi connectivity index (χ0n) is 16.4. The van der Waals surface area contributed by atoms with E-state index in [-0.39, 0.29) is 0 Å². The van der Waals surface area contributed by atoms with Crippen LogP contribution in [0, 0.1) is 6.92 Å². The number of hydrogen-bond acceptors (Lipinski definition) is 5. The molecule has 1 saturated heterocycles. The molecule has 2 aromatic rings. The summed E-state index contributed by atoms with van der Waals surface area (Å²) in [6.45, 7) is 9.42. The molecule has 0 amide bonds. The van der Waals surface area contributed by atoms with Gasteiger partial charge in [0, 0.05) is 44.3 Å². The maximum Gasteiger partial charge on any atom is 0.191 e. The van der Waals surface area contributed by atoms with Crippen LogP contribution >= 0.6 is 11.3 Å². The minimum Gasteiger partial charge on any atom is -0.376 e. The molecule has 1 atom stereocenters. The van der Waals surface area contributed by atoms with E-state index < -0.39 is 0 Å². The number of aryl methyl sites for hydroxylation is 1. The van der Waals surface area contributed by atoms with Crippen molar-refractivity contribution in [2.75, 3.05) is 26.7 Å². The van der Waals surface area contributed by atoms with Crippen LogP contribution in [0.1, 0.15) is 27.9 Å². The van der Waals surface area contributed by atoms with Crippen LogP contribution in [0.2, 0.25) is 0 Å². The average molecular weight is 388 g/mol. The predicted molar refractivity (Wildman–Crippen MR) is 111 cm³/mol. The first-order valence-corrected chi connectivity index (χ1v) is 10.2. The van der Waals surface area contributed by atoms with Gasteiger partial charge < -0.3 is 15.4 Å². The lowest BCUT2D eigenvalue weighted by atomic mass is 10.1. The van der Waals surface area contributed by atoms with E-state index in [4.69, 9.17) is 4.74 Å². The van der Waals surface area contributed by atoms with Crippen molar-refractivity contribution < 1.29 is 4.74 Å². The number of aliphatic imine (C=N–C) groups is 1. The maximum absolute atomic E-state index is 5.63. The monoisotopic (exact) mass is 387 g/mol. The van der Waals surface area contributed by atoms with Gasteiger partial charge >= 0.3 is 0 Å². The highest BCUT2D eigenvalue weighted by Crippen LogP contribution is 2.12. The SMILES string of the molecule is CN=C(NCc1cccc(CN2CCOC(C)C2)c1)NCc1ncc(C)s1. The van der Waals surface area contributed by atoms with Crippen molar-refractivity contribution in [2.24, 2.45) is 4.99 Å². The molecule has 2 N–H and O–H groups in total.